The quantitative estimate of drug-likeness (QED) is 0.814. The topological polar surface area (TPSA) is 68.5 Å². The molecule has 2 rings (SSSR count). The number of carbonyl (C=O) groups excluding carboxylic acids is 1. The summed E-state index contributed by atoms with van der Waals surface area (Å²) in [5.41, 5.74) is -1.90. The number of Topliss-reactive ketones (excluding diaryl/α,β-unsaturated/α-hetero) is 1. The van der Waals surface area contributed by atoms with Crippen molar-refractivity contribution >= 4 is 21.3 Å². The second kappa shape index (κ2) is 4.83. The van der Waals surface area contributed by atoms with E-state index in [1.807, 2.05) is 0 Å². The summed E-state index contributed by atoms with van der Waals surface area (Å²) in [5.74, 6) is -1.15. The van der Waals surface area contributed by atoms with Gasteiger partial charge in [-0.3, -0.25) is 9.20 Å². The highest BCUT2D eigenvalue weighted by Gasteiger charge is 2.37. The van der Waals surface area contributed by atoms with Gasteiger partial charge in [0.2, 0.25) is 0 Å². The number of pyridine rings is 1. The van der Waals surface area contributed by atoms with E-state index in [-0.39, 0.29) is 5.65 Å². The fourth-order valence-corrected chi connectivity index (χ4v) is 3.17. The lowest BCUT2D eigenvalue weighted by atomic mass is 10.3. The Bertz CT molecular complexity index is 822. The molecule has 0 radical (unpaired) electrons. The van der Waals surface area contributed by atoms with Crippen LogP contribution in [0.25, 0.3) is 5.65 Å². The molecule has 5 nitrogen and oxygen atoms in total. The SMILES string of the molecule is CCS(=O)(=O)c1c(C(C)=O)nc2cccc(C(F)(F)F)n12. The Balaban J connectivity index is 3.05. The van der Waals surface area contributed by atoms with E-state index in [9.17, 15) is 26.4 Å². The number of hydrogen-bond donors (Lipinski definition) is 0. The van der Waals surface area contributed by atoms with E-state index in [4.69, 9.17) is 0 Å². The molecule has 0 fully saturated rings. The van der Waals surface area contributed by atoms with E-state index >= 15 is 0 Å². The number of fused-ring (bicyclic) bond motifs is 1. The molecule has 0 spiro atoms. The molecule has 0 aliphatic rings. The summed E-state index contributed by atoms with van der Waals surface area (Å²) < 4.78 is 63.9. The number of sulfone groups is 1. The molecule has 0 amide bonds. The third-order valence-corrected chi connectivity index (χ3v) is 4.63. The maximum Gasteiger partial charge on any atom is 0.431 e. The van der Waals surface area contributed by atoms with Crippen LogP contribution in [0.1, 0.15) is 30.0 Å². The number of alkyl halides is 3. The predicted molar refractivity (Wildman–Crippen MR) is 67.9 cm³/mol. The minimum atomic E-state index is -4.77. The van der Waals surface area contributed by atoms with Crippen molar-refractivity contribution in [3.8, 4) is 0 Å². The van der Waals surface area contributed by atoms with Crippen molar-refractivity contribution in [3.63, 3.8) is 0 Å². The van der Waals surface area contributed by atoms with E-state index < -0.39 is 44.0 Å². The first kappa shape index (κ1) is 15.5. The normalized spacial score (nSPS) is 12.8. The summed E-state index contributed by atoms with van der Waals surface area (Å²) in [5, 5.41) is -0.708. The van der Waals surface area contributed by atoms with Crippen LogP contribution < -0.4 is 0 Å². The second-order valence-electron chi connectivity index (χ2n) is 4.33. The van der Waals surface area contributed by atoms with Crippen molar-refractivity contribution in [2.45, 2.75) is 25.0 Å². The van der Waals surface area contributed by atoms with Crippen molar-refractivity contribution in [3.05, 3.63) is 29.6 Å². The molecule has 0 bridgehead atoms. The van der Waals surface area contributed by atoms with Gasteiger partial charge in [-0.1, -0.05) is 13.0 Å². The van der Waals surface area contributed by atoms with Crippen LogP contribution in [-0.2, 0) is 16.0 Å². The fraction of sp³-hybridized carbons (Fsp3) is 0.333. The van der Waals surface area contributed by atoms with Crippen molar-refractivity contribution < 1.29 is 26.4 Å². The van der Waals surface area contributed by atoms with Crippen molar-refractivity contribution in [2.24, 2.45) is 0 Å². The standard InChI is InChI=1S/C12H11F3N2O3S/c1-3-21(19,20)11-10(7(2)18)16-9-6-4-5-8(17(9)11)12(13,14)15/h4-6H,3H2,1-2H3. The number of nitrogens with zero attached hydrogens (tertiary/aromatic N) is 2. The number of rotatable bonds is 3. The van der Waals surface area contributed by atoms with Crippen LogP contribution in [0.2, 0.25) is 0 Å². The molecule has 0 atom stereocenters. The van der Waals surface area contributed by atoms with Gasteiger partial charge in [-0.2, -0.15) is 13.2 Å². The average Bonchev–Trinajstić information content (AvgIpc) is 2.77. The van der Waals surface area contributed by atoms with E-state index in [2.05, 4.69) is 4.98 Å². The molecule has 0 saturated carbocycles. The molecule has 21 heavy (non-hydrogen) atoms. The van der Waals surface area contributed by atoms with Crippen molar-refractivity contribution in [2.75, 3.05) is 5.75 Å². The summed E-state index contributed by atoms with van der Waals surface area (Å²) in [6, 6.07) is 3.07. The van der Waals surface area contributed by atoms with E-state index in [0.29, 0.717) is 4.40 Å². The smallest absolute Gasteiger partial charge is 0.293 e. The van der Waals surface area contributed by atoms with Gasteiger partial charge in [-0.15, -0.1) is 0 Å². The molecular weight excluding hydrogens is 309 g/mol. The number of carbonyl (C=O) groups is 1. The molecular formula is C12H11F3N2O3S. The van der Waals surface area contributed by atoms with Crippen LogP contribution in [0.5, 0.6) is 0 Å². The summed E-state index contributed by atoms with van der Waals surface area (Å²) >= 11 is 0. The average molecular weight is 320 g/mol. The van der Waals surface area contributed by atoms with E-state index in [1.165, 1.54) is 13.0 Å². The summed E-state index contributed by atoms with van der Waals surface area (Å²) in [6.45, 7) is 2.35. The Labute approximate surface area is 118 Å². The highest BCUT2D eigenvalue weighted by atomic mass is 32.2. The highest BCUT2D eigenvalue weighted by Crippen LogP contribution is 2.32. The molecule has 114 valence electrons. The zero-order valence-corrected chi connectivity index (χ0v) is 11.9. The monoisotopic (exact) mass is 320 g/mol. The first-order chi connectivity index (χ1) is 9.59. The summed E-state index contributed by atoms with van der Waals surface area (Å²) in [4.78, 5) is 15.3. The van der Waals surface area contributed by atoms with Crippen LogP contribution in [0.4, 0.5) is 13.2 Å². The third-order valence-electron chi connectivity index (χ3n) is 2.90. The Morgan fingerprint density at radius 1 is 1.33 bits per heavy atom. The van der Waals surface area contributed by atoms with Crippen LogP contribution >= 0.6 is 0 Å². The fourth-order valence-electron chi connectivity index (χ4n) is 1.94. The molecule has 9 heteroatoms. The van der Waals surface area contributed by atoms with Gasteiger partial charge >= 0.3 is 6.18 Å². The zero-order chi connectivity index (χ0) is 16.0. The molecule has 0 aliphatic heterocycles. The summed E-state index contributed by atoms with van der Waals surface area (Å²) in [6.07, 6.45) is -4.77. The largest absolute Gasteiger partial charge is 0.431 e. The van der Waals surface area contributed by atoms with Crippen molar-refractivity contribution in [1.29, 1.82) is 0 Å². The number of hydrogen-bond acceptors (Lipinski definition) is 4. The van der Waals surface area contributed by atoms with Crippen LogP contribution in [-0.4, -0.2) is 29.3 Å². The number of aromatic nitrogens is 2. The number of halogens is 3. The van der Waals surface area contributed by atoms with Gasteiger partial charge in [-0.25, -0.2) is 13.4 Å². The molecule has 2 aromatic rings. The maximum absolute atomic E-state index is 13.1. The van der Waals surface area contributed by atoms with Gasteiger partial charge in [0.05, 0.1) is 5.75 Å². The molecule has 0 aromatic carbocycles. The lowest BCUT2D eigenvalue weighted by Crippen LogP contribution is -2.17. The summed E-state index contributed by atoms with van der Waals surface area (Å²) in [7, 11) is -4.06. The van der Waals surface area contributed by atoms with Gasteiger partial charge in [0.15, 0.2) is 20.6 Å². The Hall–Kier alpha value is -1.90. The molecule has 2 aromatic heterocycles. The van der Waals surface area contributed by atoms with E-state index in [0.717, 1.165) is 19.1 Å². The van der Waals surface area contributed by atoms with Crippen LogP contribution in [0, 0.1) is 0 Å². The first-order valence-corrected chi connectivity index (χ1v) is 7.57. The van der Waals surface area contributed by atoms with Gasteiger partial charge in [0.25, 0.3) is 0 Å². The molecule has 0 unspecified atom stereocenters. The Kier molecular flexibility index (Phi) is 3.56. The Morgan fingerprint density at radius 3 is 2.43 bits per heavy atom. The number of ketones is 1. The predicted octanol–water partition coefficient (Wildman–Crippen LogP) is 2.35. The van der Waals surface area contributed by atoms with Gasteiger partial charge in [0.1, 0.15) is 17.0 Å². The lowest BCUT2D eigenvalue weighted by molar-refractivity contribution is -0.142. The lowest BCUT2D eigenvalue weighted by Gasteiger charge is -2.12. The second-order valence-corrected chi connectivity index (χ2v) is 6.52. The molecule has 0 aliphatic carbocycles. The van der Waals surface area contributed by atoms with Crippen LogP contribution in [0.15, 0.2) is 23.2 Å². The van der Waals surface area contributed by atoms with E-state index in [1.54, 1.807) is 0 Å². The first-order valence-electron chi connectivity index (χ1n) is 5.92. The third kappa shape index (κ3) is 2.53. The highest BCUT2D eigenvalue weighted by molar-refractivity contribution is 7.91. The number of imidazole rings is 1. The minimum absolute atomic E-state index is 0.234. The zero-order valence-electron chi connectivity index (χ0n) is 11.1. The Morgan fingerprint density at radius 2 is 1.95 bits per heavy atom. The van der Waals surface area contributed by atoms with Gasteiger partial charge < -0.3 is 0 Å². The molecule has 0 N–H and O–H groups in total. The maximum atomic E-state index is 13.1. The molecule has 2 heterocycles. The van der Waals surface area contributed by atoms with Gasteiger partial charge in [0, 0.05) is 6.92 Å². The van der Waals surface area contributed by atoms with Crippen LogP contribution in [0.3, 0.4) is 0 Å². The van der Waals surface area contributed by atoms with Gasteiger partial charge in [-0.05, 0) is 12.1 Å². The molecule has 0 saturated heterocycles. The minimum Gasteiger partial charge on any atom is -0.293 e. The van der Waals surface area contributed by atoms with Crippen molar-refractivity contribution in [1.82, 2.24) is 9.38 Å².